The Morgan fingerprint density at radius 2 is 2.40 bits per heavy atom. The fraction of sp³-hybridized carbons (Fsp3) is 0.500. The van der Waals surface area contributed by atoms with Crippen LogP contribution >= 0.6 is 0 Å². The molecule has 1 amide bonds. The molecule has 110 valence electrons. The molecule has 0 aliphatic carbocycles. The Kier molecular flexibility index (Phi) is 4.81. The van der Waals surface area contributed by atoms with Crippen molar-refractivity contribution in [3.05, 3.63) is 23.8 Å². The first kappa shape index (κ1) is 14.6. The average Bonchev–Trinajstić information content (AvgIpc) is 2.47. The van der Waals surface area contributed by atoms with Crippen LogP contribution in [0.4, 0.5) is 5.69 Å². The topological polar surface area (TPSA) is 85.0 Å². The number of hydrogen-bond acceptors (Lipinski definition) is 5. The van der Waals surface area contributed by atoms with Crippen molar-refractivity contribution in [3.63, 3.8) is 0 Å². The highest BCUT2D eigenvalue weighted by atomic mass is 16.5. The van der Waals surface area contributed by atoms with Gasteiger partial charge in [-0.2, -0.15) is 0 Å². The van der Waals surface area contributed by atoms with Crippen LogP contribution in [0.3, 0.4) is 0 Å². The van der Waals surface area contributed by atoms with E-state index in [1.165, 1.54) is 0 Å². The predicted octanol–water partition coefficient (Wildman–Crippen LogP) is 0.501. The molecule has 1 aliphatic rings. The molecule has 0 bridgehead atoms. The van der Waals surface area contributed by atoms with Crippen LogP contribution in [0.1, 0.15) is 17.3 Å². The van der Waals surface area contributed by atoms with Crippen molar-refractivity contribution in [1.82, 2.24) is 4.90 Å². The highest BCUT2D eigenvalue weighted by Crippen LogP contribution is 2.27. The average molecular weight is 280 g/mol. The van der Waals surface area contributed by atoms with Gasteiger partial charge in [-0.1, -0.05) is 6.07 Å². The molecular formula is C14H20N2O4. The van der Waals surface area contributed by atoms with Crippen LogP contribution < -0.4 is 10.5 Å². The first-order valence-corrected chi connectivity index (χ1v) is 6.69. The predicted molar refractivity (Wildman–Crippen MR) is 74.8 cm³/mol. The molecule has 0 aromatic heterocycles. The monoisotopic (exact) mass is 280 g/mol. The third kappa shape index (κ3) is 2.86. The molecule has 1 heterocycles. The number of anilines is 1. The van der Waals surface area contributed by atoms with Gasteiger partial charge in [-0.3, -0.25) is 4.79 Å². The molecule has 1 atom stereocenters. The summed E-state index contributed by atoms with van der Waals surface area (Å²) in [6, 6.07) is 4.80. The molecule has 6 heteroatoms. The SMILES string of the molecule is CCOc1cccc(N)c1C(=O)N1CCOCC1CO. The third-order valence-electron chi connectivity index (χ3n) is 3.27. The van der Waals surface area contributed by atoms with E-state index in [9.17, 15) is 9.90 Å². The molecule has 20 heavy (non-hydrogen) atoms. The summed E-state index contributed by atoms with van der Waals surface area (Å²) in [7, 11) is 0. The molecule has 3 N–H and O–H groups in total. The minimum atomic E-state index is -0.342. The summed E-state index contributed by atoms with van der Waals surface area (Å²) in [4.78, 5) is 14.3. The molecule has 1 saturated heterocycles. The summed E-state index contributed by atoms with van der Waals surface area (Å²) in [5.74, 6) is 0.245. The second kappa shape index (κ2) is 6.58. The molecule has 1 aromatic rings. The number of hydrogen-bond donors (Lipinski definition) is 2. The van der Waals surface area contributed by atoms with E-state index in [0.29, 0.717) is 43.4 Å². The Bertz CT molecular complexity index is 478. The Morgan fingerprint density at radius 3 is 3.10 bits per heavy atom. The highest BCUT2D eigenvalue weighted by Gasteiger charge is 2.30. The van der Waals surface area contributed by atoms with Gasteiger partial charge < -0.3 is 25.2 Å². The van der Waals surface area contributed by atoms with Gasteiger partial charge >= 0.3 is 0 Å². The van der Waals surface area contributed by atoms with Crippen molar-refractivity contribution in [2.24, 2.45) is 0 Å². The molecule has 6 nitrogen and oxygen atoms in total. The van der Waals surface area contributed by atoms with E-state index in [2.05, 4.69) is 0 Å². The normalized spacial score (nSPS) is 18.9. The van der Waals surface area contributed by atoms with E-state index in [0.717, 1.165) is 0 Å². The number of rotatable bonds is 4. The molecule has 1 fully saturated rings. The first-order valence-electron chi connectivity index (χ1n) is 6.69. The van der Waals surface area contributed by atoms with Gasteiger partial charge in [0.15, 0.2) is 0 Å². The molecule has 1 unspecified atom stereocenters. The Labute approximate surface area is 118 Å². The van der Waals surface area contributed by atoms with E-state index < -0.39 is 0 Å². The van der Waals surface area contributed by atoms with Gasteiger partial charge in [0, 0.05) is 12.2 Å². The zero-order valence-corrected chi connectivity index (χ0v) is 11.5. The minimum Gasteiger partial charge on any atom is -0.493 e. The Morgan fingerprint density at radius 1 is 1.60 bits per heavy atom. The highest BCUT2D eigenvalue weighted by molar-refractivity contribution is 6.02. The number of carbonyl (C=O) groups is 1. The fourth-order valence-electron chi connectivity index (χ4n) is 2.27. The quantitative estimate of drug-likeness (QED) is 0.785. The van der Waals surface area contributed by atoms with Crippen LogP contribution in [-0.2, 0) is 4.74 Å². The van der Waals surface area contributed by atoms with Crippen molar-refractivity contribution in [3.8, 4) is 5.75 Å². The van der Waals surface area contributed by atoms with Crippen LogP contribution in [0.15, 0.2) is 18.2 Å². The van der Waals surface area contributed by atoms with E-state index in [-0.39, 0.29) is 18.6 Å². The zero-order chi connectivity index (χ0) is 14.5. The maximum atomic E-state index is 12.7. The van der Waals surface area contributed by atoms with Crippen molar-refractivity contribution < 1.29 is 19.4 Å². The zero-order valence-electron chi connectivity index (χ0n) is 11.5. The lowest BCUT2D eigenvalue weighted by Gasteiger charge is -2.35. The van der Waals surface area contributed by atoms with Crippen LogP contribution in [-0.4, -0.2) is 54.9 Å². The largest absolute Gasteiger partial charge is 0.493 e. The lowest BCUT2D eigenvalue weighted by Crippen LogP contribution is -2.50. The molecule has 0 spiro atoms. The van der Waals surface area contributed by atoms with Gasteiger partial charge in [-0.05, 0) is 19.1 Å². The molecule has 2 rings (SSSR count). The maximum absolute atomic E-state index is 12.7. The Hall–Kier alpha value is -1.79. The maximum Gasteiger partial charge on any atom is 0.260 e. The molecule has 0 saturated carbocycles. The molecular weight excluding hydrogens is 260 g/mol. The number of carbonyl (C=O) groups excluding carboxylic acids is 1. The minimum absolute atomic E-state index is 0.136. The van der Waals surface area contributed by atoms with Crippen LogP contribution in [0.5, 0.6) is 5.75 Å². The number of nitrogens with zero attached hydrogens (tertiary/aromatic N) is 1. The fourth-order valence-corrected chi connectivity index (χ4v) is 2.27. The summed E-state index contributed by atoms with van der Waals surface area (Å²) in [5.41, 5.74) is 6.66. The smallest absolute Gasteiger partial charge is 0.260 e. The number of benzene rings is 1. The van der Waals surface area contributed by atoms with Gasteiger partial charge in [0.25, 0.3) is 5.91 Å². The van der Waals surface area contributed by atoms with Crippen LogP contribution in [0, 0.1) is 0 Å². The van der Waals surface area contributed by atoms with Gasteiger partial charge in [0.1, 0.15) is 11.3 Å². The summed E-state index contributed by atoms with van der Waals surface area (Å²) >= 11 is 0. The van der Waals surface area contributed by atoms with Crippen molar-refractivity contribution in [1.29, 1.82) is 0 Å². The van der Waals surface area contributed by atoms with Gasteiger partial charge in [0.05, 0.1) is 32.5 Å². The number of aliphatic hydroxyl groups is 1. The number of amides is 1. The Balaban J connectivity index is 2.32. The number of ether oxygens (including phenoxy) is 2. The summed E-state index contributed by atoms with van der Waals surface area (Å²) in [6.07, 6.45) is 0. The van der Waals surface area contributed by atoms with E-state index in [1.807, 2.05) is 6.92 Å². The summed E-state index contributed by atoms with van der Waals surface area (Å²) in [6.45, 7) is 3.39. The van der Waals surface area contributed by atoms with Crippen molar-refractivity contribution >= 4 is 11.6 Å². The number of nitrogens with two attached hydrogens (primary N) is 1. The second-order valence-corrected chi connectivity index (χ2v) is 4.56. The number of aliphatic hydroxyl groups excluding tert-OH is 1. The first-order chi connectivity index (χ1) is 9.69. The standard InChI is InChI=1S/C14H20N2O4/c1-2-20-12-5-3-4-11(15)13(12)14(18)16-6-7-19-9-10(16)8-17/h3-5,10,17H,2,6-9,15H2,1H3. The van der Waals surface area contributed by atoms with Crippen molar-refractivity contribution in [2.75, 3.05) is 38.7 Å². The van der Waals surface area contributed by atoms with E-state index in [4.69, 9.17) is 15.2 Å². The van der Waals surface area contributed by atoms with Gasteiger partial charge in [-0.15, -0.1) is 0 Å². The van der Waals surface area contributed by atoms with Gasteiger partial charge in [0.2, 0.25) is 0 Å². The lowest BCUT2D eigenvalue weighted by molar-refractivity contribution is -0.0184. The van der Waals surface area contributed by atoms with Gasteiger partial charge in [-0.25, -0.2) is 0 Å². The van der Waals surface area contributed by atoms with Crippen molar-refractivity contribution in [2.45, 2.75) is 13.0 Å². The second-order valence-electron chi connectivity index (χ2n) is 4.56. The molecule has 1 aromatic carbocycles. The van der Waals surface area contributed by atoms with E-state index >= 15 is 0 Å². The van der Waals surface area contributed by atoms with Crippen LogP contribution in [0.25, 0.3) is 0 Å². The third-order valence-corrected chi connectivity index (χ3v) is 3.27. The lowest BCUT2D eigenvalue weighted by atomic mass is 10.1. The molecule has 0 radical (unpaired) electrons. The summed E-state index contributed by atoms with van der Waals surface area (Å²) in [5, 5.41) is 9.36. The van der Waals surface area contributed by atoms with E-state index in [1.54, 1.807) is 23.1 Å². The summed E-state index contributed by atoms with van der Waals surface area (Å²) < 4.78 is 10.8. The molecule has 1 aliphatic heterocycles. The number of nitrogen functional groups attached to an aromatic ring is 1. The number of morpholine rings is 1. The van der Waals surface area contributed by atoms with Crippen LogP contribution in [0.2, 0.25) is 0 Å².